The predicted molar refractivity (Wildman–Crippen MR) is 80.0 cm³/mol. The summed E-state index contributed by atoms with van der Waals surface area (Å²) in [6.45, 7) is 1.30. The lowest BCUT2D eigenvalue weighted by atomic mass is 10.2. The van der Waals surface area contributed by atoms with Gasteiger partial charge in [0.25, 0.3) is 5.91 Å². The molecule has 0 saturated heterocycles. The van der Waals surface area contributed by atoms with E-state index in [0.717, 1.165) is 7.11 Å². The number of nitrogens with one attached hydrogen (secondary N) is 1. The normalized spacial score (nSPS) is 11.2. The number of rotatable bonds is 5. The summed E-state index contributed by atoms with van der Waals surface area (Å²) in [7, 11) is 3.89. The fourth-order valence-electron chi connectivity index (χ4n) is 1.57. The van der Waals surface area contributed by atoms with Gasteiger partial charge in [-0.2, -0.15) is 0 Å². The van der Waals surface area contributed by atoms with E-state index in [1.807, 2.05) is 5.32 Å². The Labute approximate surface area is 137 Å². The highest BCUT2D eigenvalue weighted by Crippen LogP contribution is 2.36. The van der Waals surface area contributed by atoms with Gasteiger partial charge in [0.1, 0.15) is 0 Å². The smallest absolute Gasteiger partial charge is 0.413 e. The van der Waals surface area contributed by atoms with Crippen LogP contribution in [-0.2, 0) is 14.3 Å². The first kappa shape index (κ1) is 18.6. The summed E-state index contributed by atoms with van der Waals surface area (Å²) in [6.07, 6.45) is -2.17. The summed E-state index contributed by atoms with van der Waals surface area (Å²) in [5.74, 6) is -1.14. The Bertz CT molecular complexity index is 617. The Morgan fingerprint density at radius 3 is 2.30 bits per heavy atom. The van der Waals surface area contributed by atoms with Crippen molar-refractivity contribution in [3.05, 3.63) is 22.7 Å². The van der Waals surface area contributed by atoms with Crippen LogP contribution in [0.5, 0.6) is 11.5 Å². The van der Waals surface area contributed by atoms with Crippen LogP contribution in [-0.4, -0.2) is 45.4 Å². The molecule has 2 amide bonds. The molecule has 1 N–H and O–H groups in total. The molecule has 126 valence electrons. The number of carbonyl (C=O) groups is 3. The second kappa shape index (κ2) is 8.23. The number of benzene rings is 1. The Morgan fingerprint density at radius 1 is 1.13 bits per heavy atom. The van der Waals surface area contributed by atoms with Crippen LogP contribution in [0.25, 0.3) is 0 Å². The molecule has 0 aliphatic rings. The van der Waals surface area contributed by atoms with Crippen molar-refractivity contribution in [2.24, 2.45) is 0 Å². The zero-order valence-corrected chi connectivity index (χ0v) is 13.7. The van der Waals surface area contributed by atoms with Gasteiger partial charge in [-0.1, -0.05) is 11.6 Å². The van der Waals surface area contributed by atoms with Gasteiger partial charge < -0.3 is 18.9 Å². The van der Waals surface area contributed by atoms with E-state index >= 15 is 0 Å². The van der Waals surface area contributed by atoms with Gasteiger partial charge >= 0.3 is 12.1 Å². The molecule has 0 aliphatic heterocycles. The van der Waals surface area contributed by atoms with Gasteiger partial charge in [0.05, 0.1) is 31.9 Å². The summed E-state index contributed by atoms with van der Waals surface area (Å²) in [6, 6.07) is 2.67. The van der Waals surface area contributed by atoms with Crippen molar-refractivity contribution in [2.75, 3.05) is 21.3 Å². The molecule has 1 aromatic rings. The average molecular weight is 346 g/mol. The summed E-state index contributed by atoms with van der Waals surface area (Å²) in [4.78, 5) is 34.6. The molecule has 8 nitrogen and oxygen atoms in total. The Morgan fingerprint density at radius 2 is 1.78 bits per heavy atom. The average Bonchev–Trinajstić information content (AvgIpc) is 2.53. The third kappa shape index (κ3) is 4.75. The minimum atomic E-state index is -1.21. The fourth-order valence-corrected chi connectivity index (χ4v) is 1.86. The van der Waals surface area contributed by atoms with Gasteiger partial charge in [0.2, 0.25) is 0 Å². The monoisotopic (exact) mass is 345 g/mol. The van der Waals surface area contributed by atoms with Gasteiger partial charge in [-0.05, 0) is 19.1 Å². The van der Waals surface area contributed by atoms with Crippen molar-refractivity contribution >= 4 is 29.6 Å². The van der Waals surface area contributed by atoms with Crippen molar-refractivity contribution in [3.8, 4) is 11.5 Å². The number of imide groups is 1. The van der Waals surface area contributed by atoms with Crippen molar-refractivity contribution in [1.82, 2.24) is 5.32 Å². The summed E-state index contributed by atoms with van der Waals surface area (Å²) >= 11 is 5.99. The molecule has 9 heteroatoms. The first-order chi connectivity index (χ1) is 10.8. The molecule has 0 radical (unpaired) electrons. The molecule has 23 heavy (non-hydrogen) atoms. The van der Waals surface area contributed by atoms with Gasteiger partial charge in [-0.3, -0.25) is 10.1 Å². The minimum absolute atomic E-state index is 0.0605. The number of esters is 1. The Kier molecular flexibility index (Phi) is 6.65. The van der Waals surface area contributed by atoms with Crippen molar-refractivity contribution < 1.29 is 33.3 Å². The lowest BCUT2D eigenvalue weighted by Gasteiger charge is -2.14. The standard InChI is InChI=1S/C14H16ClNO7/c1-7(12(17)16-14(19)22-4)23-13(18)8-5-9(15)11(21-3)10(6-8)20-2/h5-7H,1-4H3,(H,16,17,19)/t7-/m1/s1. The Hall–Kier alpha value is -2.48. The minimum Gasteiger partial charge on any atom is -0.493 e. The van der Waals surface area contributed by atoms with E-state index in [2.05, 4.69) is 4.74 Å². The number of halogens is 1. The lowest BCUT2D eigenvalue weighted by Crippen LogP contribution is -2.39. The third-order valence-corrected chi connectivity index (χ3v) is 3.01. The van der Waals surface area contributed by atoms with Crippen molar-refractivity contribution in [3.63, 3.8) is 0 Å². The zero-order valence-electron chi connectivity index (χ0n) is 13.0. The van der Waals surface area contributed by atoms with Crippen LogP contribution in [0.4, 0.5) is 4.79 Å². The SMILES string of the molecule is COC(=O)NC(=O)[C@@H](C)OC(=O)c1cc(Cl)c(OC)c(OC)c1. The van der Waals surface area contributed by atoms with E-state index in [9.17, 15) is 14.4 Å². The third-order valence-electron chi connectivity index (χ3n) is 2.73. The van der Waals surface area contributed by atoms with E-state index in [-0.39, 0.29) is 22.1 Å². The second-order valence-corrected chi connectivity index (χ2v) is 4.63. The van der Waals surface area contributed by atoms with Crippen LogP contribution in [0, 0.1) is 0 Å². The van der Waals surface area contributed by atoms with Gasteiger partial charge in [0, 0.05) is 0 Å². The number of alkyl carbamates (subject to hydrolysis) is 1. The first-order valence-electron chi connectivity index (χ1n) is 6.35. The summed E-state index contributed by atoms with van der Waals surface area (Å²) in [5, 5.41) is 2.03. The van der Waals surface area contributed by atoms with E-state index in [4.69, 9.17) is 25.8 Å². The van der Waals surface area contributed by atoms with Gasteiger partial charge in [-0.25, -0.2) is 9.59 Å². The topological polar surface area (TPSA) is 100 Å². The van der Waals surface area contributed by atoms with Crippen LogP contribution in [0.1, 0.15) is 17.3 Å². The number of amides is 2. The van der Waals surface area contributed by atoms with E-state index in [1.54, 1.807) is 0 Å². The largest absolute Gasteiger partial charge is 0.493 e. The highest BCUT2D eigenvalue weighted by molar-refractivity contribution is 6.32. The maximum Gasteiger partial charge on any atom is 0.413 e. The number of ether oxygens (including phenoxy) is 4. The number of hydrogen-bond donors (Lipinski definition) is 1. The molecule has 0 bridgehead atoms. The van der Waals surface area contributed by atoms with Crippen molar-refractivity contribution in [2.45, 2.75) is 13.0 Å². The van der Waals surface area contributed by atoms with Crippen LogP contribution in [0.2, 0.25) is 5.02 Å². The fraction of sp³-hybridized carbons (Fsp3) is 0.357. The summed E-state index contributed by atoms with van der Waals surface area (Å²) in [5.41, 5.74) is 0.0605. The molecular weight excluding hydrogens is 330 g/mol. The molecule has 0 heterocycles. The maximum absolute atomic E-state index is 12.1. The predicted octanol–water partition coefficient (Wildman–Crippen LogP) is 1.79. The highest BCUT2D eigenvalue weighted by Gasteiger charge is 2.23. The molecule has 0 saturated carbocycles. The summed E-state index contributed by atoms with van der Waals surface area (Å²) < 4.78 is 19.4. The lowest BCUT2D eigenvalue weighted by molar-refractivity contribution is -0.128. The van der Waals surface area contributed by atoms with Gasteiger partial charge in [0.15, 0.2) is 17.6 Å². The first-order valence-corrected chi connectivity index (χ1v) is 6.73. The number of carbonyl (C=O) groups excluding carboxylic acids is 3. The molecule has 0 unspecified atom stereocenters. The molecule has 0 spiro atoms. The van der Waals surface area contributed by atoms with Crippen LogP contribution in [0.15, 0.2) is 12.1 Å². The van der Waals surface area contributed by atoms with E-state index in [1.165, 1.54) is 33.3 Å². The number of methoxy groups -OCH3 is 3. The second-order valence-electron chi connectivity index (χ2n) is 4.22. The molecule has 1 rings (SSSR count). The van der Waals surface area contributed by atoms with E-state index in [0.29, 0.717) is 0 Å². The maximum atomic E-state index is 12.1. The quantitative estimate of drug-likeness (QED) is 0.812. The zero-order chi connectivity index (χ0) is 17.6. The van der Waals surface area contributed by atoms with Crippen LogP contribution >= 0.6 is 11.6 Å². The van der Waals surface area contributed by atoms with Gasteiger partial charge in [-0.15, -0.1) is 0 Å². The van der Waals surface area contributed by atoms with Crippen LogP contribution < -0.4 is 14.8 Å². The highest BCUT2D eigenvalue weighted by atomic mass is 35.5. The molecule has 1 atom stereocenters. The van der Waals surface area contributed by atoms with Crippen molar-refractivity contribution in [1.29, 1.82) is 0 Å². The molecule has 0 aromatic heterocycles. The number of hydrogen-bond acceptors (Lipinski definition) is 7. The van der Waals surface area contributed by atoms with E-state index < -0.39 is 24.1 Å². The Balaban J connectivity index is 2.88. The van der Waals surface area contributed by atoms with Crippen LogP contribution in [0.3, 0.4) is 0 Å². The molecule has 1 aromatic carbocycles. The molecular formula is C14H16ClNO7. The molecule has 0 fully saturated rings. The molecule has 0 aliphatic carbocycles.